The first kappa shape index (κ1) is 12.4. The number of nitrogens with one attached hydrogen (secondary N) is 1. The van der Waals surface area contributed by atoms with Gasteiger partial charge >= 0.3 is 0 Å². The molecule has 2 aliphatic rings. The molecular weight excluding hydrogens is 194 g/mol. The highest BCUT2D eigenvalue weighted by Crippen LogP contribution is 2.43. The maximum atomic E-state index is 3.87. The van der Waals surface area contributed by atoms with Crippen LogP contribution < -0.4 is 5.32 Å². The third kappa shape index (κ3) is 3.76. The average molecular weight is 223 g/mol. The van der Waals surface area contributed by atoms with Gasteiger partial charge < -0.3 is 5.32 Å². The first-order valence-electron chi connectivity index (χ1n) is 7.55. The zero-order valence-electron chi connectivity index (χ0n) is 11.2. The van der Waals surface area contributed by atoms with E-state index in [4.69, 9.17) is 0 Å². The zero-order chi connectivity index (χ0) is 11.4. The molecule has 0 spiro atoms. The molecule has 0 heterocycles. The van der Waals surface area contributed by atoms with Crippen LogP contribution in [-0.4, -0.2) is 12.1 Å². The van der Waals surface area contributed by atoms with Crippen LogP contribution in [0.3, 0.4) is 0 Å². The molecule has 0 aromatic carbocycles. The molecule has 0 radical (unpaired) electrons. The Kier molecular flexibility index (Phi) is 4.69. The summed E-state index contributed by atoms with van der Waals surface area (Å²) in [7, 11) is 0. The first-order valence-corrected chi connectivity index (χ1v) is 7.55. The van der Waals surface area contributed by atoms with E-state index in [1.54, 1.807) is 0 Å². The molecule has 3 unspecified atom stereocenters. The standard InChI is InChI=1S/C15H29N/c1-3-4-6-12(2)16-15-8-5-7-14(11-15)13-9-10-13/h12-16H,3-11H2,1-2H3. The smallest absolute Gasteiger partial charge is 0.00722 e. The fourth-order valence-electron chi connectivity index (χ4n) is 3.37. The van der Waals surface area contributed by atoms with Crippen LogP contribution in [-0.2, 0) is 0 Å². The molecule has 0 aliphatic heterocycles. The summed E-state index contributed by atoms with van der Waals surface area (Å²) in [6, 6.07) is 1.58. The molecule has 0 bridgehead atoms. The van der Waals surface area contributed by atoms with Crippen molar-refractivity contribution in [2.24, 2.45) is 11.8 Å². The van der Waals surface area contributed by atoms with Crippen LogP contribution in [0.2, 0.25) is 0 Å². The van der Waals surface area contributed by atoms with Gasteiger partial charge in [-0.2, -0.15) is 0 Å². The van der Waals surface area contributed by atoms with Crippen LogP contribution in [0, 0.1) is 11.8 Å². The van der Waals surface area contributed by atoms with Crippen molar-refractivity contribution in [3.8, 4) is 0 Å². The van der Waals surface area contributed by atoms with Gasteiger partial charge in [0.05, 0.1) is 0 Å². The SMILES string of the molecule is CCCCC(C)NC1CCCC(C2CC2)C1. The van der Waals surface area contributed by atoms with Crippen molar-refractivity contribution in [1.82, 2.24) is 5.32 Å². The second kappa shape index (κ2) is 6.05. The van der Waals surface area contributed by atoms with E-state index >= 15 is 0 Å². The summed E-state index contributed by atoms with van der Waals surface area (Å²) in [5.41, 5.74) is 0. The second-order valence-corrected chi connectivity index (χ2v) is 6.17. The minimum Gasteiger partial charge on any atom is -0.311 e. The molecule has 0 saturated heterocycles. The summed E-state index contributed by atoms with van der Waals surface area (Å²) in [6.07, 6.45) is 13.0. The third-order valence-electron chi connectivity index (χ3n) is 4.51. The second-order valence-electron chi connectivity index (χ2n) is 6.17. The Hall–Kier alpha value is -0.0400. The summed E-state index contributed by atoms with van der Waals surface area (Å²) in [5, 5.41) is 3.87. The molecule has 2 rings (SSSR count). The molecule has 0 amide bonds. The lowest BCUT2D eigenvalue weighted by atomic mass is 9.82. The Bertz CT molecular complexity index is 198. The quantitative estimate of drug-likeness (QED) is 0.714. The Labute approximate surface area is 101 Å². The number of unbranched alkanes of at least 4 members (excludes halogenated alkanes) is 1. The maximum Gasteiger partial charge on any atom is 0.00722 e. The lowest BCUT2D eigenvalue weighted by Gasteiger charge is -2.32. The monoisotopic (exact) mass is 223 g/mol. The molecule has 1 heteroatoms. The Balaban J connectivity index is 1.67. The van der Waals surface area contributed by atoms with Crippen molar-refractivity contribution < 1.29 is 0 Å². The summed E-state index contributed by atoms with van der Waals surface area (Å²) < 4.78 is 0. The molecule has 0 aromatic heterocycles. The van der Waals surface area contributed by atoms with Gasteiger partial charge in [0.15, 0.2) is 0 Å². The minimum absolute atomic E-state index is 0.739. The van der Waals surface area contributed by atoms with Crippen LogP contribution >= 0.6 is 0 Å². The molecule has 1 nitrogen and oxygen atoms in total. The van der Waals surface area contributed by atoms with Crippen LogP contribution in [0.25, 0.3) is 0 Å². The van der Waals surface area contributed by atoms with Crippen molar-refractivity contribution in [3.63, 3.8) is 0 Å². The Morgan fingerprint density at radius 3 is 2.62 bits per heavy atom. The van der Waals surface area contributed by atoms with Crippen molar-refractivity contribution in [3.05, 3.63) is 0 Å². The lowest BCUT2D eigenvalue weighted by Crippen LogP contribution is -2.40. The predicted molar refractivity (Wildman–Crippen MR) is 70.6 cm³/mol. The summed E-state index contributed by atoms with van der Waals surface area (Å²) >= 11 is 0. The van der Waals surface area contributed by atoms with Crippen molar-refractivity contribution in [1.29, 1.82) is 0 Å². The molecule has 16 heavy (non-hydrogen) atoms. The fraction of sp³-hybridized carbons (Fsp3) is 1.00. The molecule has 2 aliphatic carbocycles. The van der Waals surface area contributed by atoms with E-state index in [1.807, 2.05) is 0 Å². The normalized spacial score (nSPS) is 32.6. The highest BCUT2D eigenvalue weighted by Gasteiger charge is 2.34. The van der Waals surface area contributed by atoms with Gasteiger partial charge in [0.1, 0.15) is 0 Å². The van der Waals surface area contributed by atoms with E-state index in [0.717, 1.165) is 23.9 Å². The third-order valence-corrected chi connectivity index (χ3v) is 4.51. The van der Waals surface area contributed by atoms with Crippen LogP contribution in [0.15, 0.2) is 0 Å². The summed E-state index contributed by atoms with van der Waals surface area (Å²) in [6.45, 7) is 4.66. The Morgan fingerprint density at radius 2 is 1.94 bits per heavy atom. The van der Waals surface area contributed by atoms with Crippen molar-refractivity contribution >= 4 is 0 Å². The van der Waals surface area contributed by atoms with E-state index in [2.05, 4.69) is 19.2 Å². The molecule has 1 N–H and O–H groups in total. The van der Waals surface area contributed by atoms with Crippen LogP contribution in [0.4, 0.5) is 0 Å². The van der Waals surface area contributed by atoms with E-state index in [9.17, 15) is 0 Å². The number of hydrogen-bond donors (Lipinski definition) is 1. The topological polar surface area (TPSA) is 12.0 Å². The van der Waals surface area contributed by atoms with Gasteiger partial charge in [-0.05, 0) is 50.9 Å². The van der Waals surface area contributed by atoms with Crippen molar-refractivity contribution in [2.45, 2.75) is 83.7 Å². The van der Waals surface area contributed by atoms with E-state index in [-0.39, 0.29) is 0 Å². The highest BCUT2D eigenvalue weighted by atomic mass is 14.9. The van der Waals surface area contributed by atoms with Crippen molar-refractivity contribution in [2.75, 3.05) is 0 Å². The molecule has 2 fully saturated rings. The van der Waals surface area contributed by atoms with E-state index in [1.165, 1.54) is 57.8 Å². The fourth-order valence-corrected chi connectivity index (χ4v) is 3.37. The maximum absolute atomic E-state index is 3.87. The molecule has 3 atom stereocenters. The molecule has 94 valence electrons. The summed E-state index contributed by atoms with van der Waals surface area (Å²) in [4.78, 5) is 0. The van der Waals surface area contributed by atoms with Gasteiger partial charge in [0.25, 0.3) is 0 Å². The highest BCUT2D eigenvalue weighted by molar-refractivity contribution is 4.88. The predicted octanol–water partition coefficient (Wildman–Crippen LogP) is 4.12. The van der Waals surface area contributed by atoms with E-state index in [0.29, 0.717) is 0 Å². The van der Waals surface area contributed by atoms with Crippen LogP contribution in [0.5, 0.6) is 0 Å². The molecular formula is C15H29N. The van der Waals surface area contributed by atoms with Crippen LogP contribution in [0.1, 0.15) is 71.6 Å². The zero-order valence-corrected chi connectivity index (χ0v) is 11.2. The minimum atomic E-state index is 0.739. The lowest BCUT2D eigenvalue weighted by molar-refractivity contribution is 0.245. The van der Waals surface area contributed by atoms with Gasteiger partial charge in [-0.15, -0.1) is 0 Å². The van der Waals surface area contributed by atoms with E-state index < -0.39 is 0 Å². The number of hydrogen-bond acceptors (Lipinski definition) is 1. The number of rotatable bonds is 6. The van der Waals surface area contributed by atoms with Gasteiger partial charge in [-0.1, -0.05) is 32.6 Å². The summed E-state index contributed by atoms with van der Waals surface area (Å²) in [5.74, 6) is 2.19. The Morgan fingerprint density at radius 1 is 1.12 bits per heavy atom. The average Bonchev–Trinajstić information content (AvgIpc) is 3.10. The molecule has 2 saturated carbocycles. The van der Waals surface area contributed by atoms with Gasteiger partial charge in [0.2, 0.25) is 0 Å². The molecule has 0 aromatic rings. The van der Waals surface area contributed by atoms with Gasteiger partial charge in [-0.25, -0.2) is 0 Å². The largest absolute Gasteiger partial charge is 0.311 e. The van der Waals surface area contributed by atoms with Gasteiger partial charge in [0, 0.05) is 12.1 Å². The van der Waals surface area contributed by atoms with Gasteiger partial charge in [-0.3, -0.25) is 0 Å². The first-order chi connectivity index (χ1) is 7.79.